The van der Waals surface area contributed by atoms with Gasteiger partial charge in [0.15, 0.2) is 5.11 Å². The number of thiocarbonyl (C=S) groups is 1. The lowest BCUT2D eigenvalue weighted by atomic mass is 10.1. The van der Waals surface area contributed by atoms with E-state index in [-0.39, 0.29) is 0 Å². The van der Waals surface area contributed by atoms with Gasteiger partial charge in [-0.15, -0.1) is 5.10 Å². The first-order valence-electron chi connectivity index (χ1n) is 8.23. The zero-order valence-corrected chi connectivity index (χ0v) is 15.5. The van der Waals surface area contributed by atoms with Gasteiger partial charge in [0.25, 0.3) is 0 Å². The summed E-state index contributed by atoms with van der Waals surface area (Å²) in [5.74, 6) is 0.790. The molecule has 0 unspecified atom stereocenters. The van der Waals surface area contributed by atoms with E-state index in [0.29, 0.717) is 11.7 Å². The molecule has 0 fully saturated rings. The average molecular weight is 368 g/mol. The summed E-state index contributed by atoms with van der Waals surface area (Å²) >= 11 is 5.08. The van der Waals surface area contributed by atoms with Crippen molar-refractivity contribution < 1.29 is 4.74 Å². The van der Waals surface area contributed by atoms with E-state index < -0.39 is 0 Å². The van der Waals surface area contributed by atoms with Gasteiger partial charge in [0, 0.05) is 12.1 Å². The number of methoxy groups -OCH3 is 1. The molecule has 0 amide bonds. The Hall–Kier alpha value is -3.00. The molecule has 1 heterocycles. The van der Waals surface area contributed by atoms with E-state index in [9.17, 15) is 0 Å². The van der Waals surface area contributed by atoms with E-state index in [1.165, 1.54) is 0 Å². The van der Waals surface area contributed by atoms with Crippen LogP contribution in [0.5, 0.6) is 5.75 Å². The maximum Gasteiger partial charge on any atom is 0.186 e. The second-order valence-electron chi connectivity index (χ2n) is 5.54. The fourth-order valence-corrected chi connectivity index (χ4v) is 2.76. The third kappa shape index (κ3) is 4.15. The molecule has 1 aromatic heterocycles. The van der Waals surface area contributed by atoms with Crippen molar-refractivity contribution in [2.45, 2.75) is 13.5 Å². The molecule has 3 rings (SSSR count). The van der Waals surface area contributed by atoms with Gasteiger partial charge in [-0.05, 0) is 55.0 Å². The van der Waals surface area contributed by atoms with Crippen LogP contribution in [0, 0.1) is 0 Å². The Balaban J connectivity index is 1.81. The smallest absolute Gasteiger partial charge is 0.186 e. The Labute approximate surface area is 157 Å². The normalized spacial score (nSPS) is 11.0. The third-order valence-corrected chi connectivity index (χ3v) is 4.00. The Morgan fingerprint density at radius 3 is 2.96 bits per heavy atom. The molecule has 3 aromatic rings. The van der Waals surface area contributed by atoms with Gasteiger partial charge in [0.05, 0.1) is 25.4 Å². The highest BCUT2D eigenvalue weighted by Crippen LogP contribution is 2.22. The van der Waals surface area contributed by atoms with E-state index in [4.69, 9.17) is 17.0 Å². The second-order valence-corrected chi connectivity index (χ2v) is 5.94. The number of rotatable bonds is 6. The van der Waals surface area contributed by atoms with Gasteiger partial charge in [-0.2, -0.15) is 5.10 Å². The molecule has 0 atom stereocenters. The van der Waals surface area contributed by atoms with Crippen molar-refractivity contribution >= 4 is 34.6 Å². The van der Waals surface area contributed by atoms with Gasteiger partial charge < -0.3 is 10.1 Å². The number of ether oxygens (including phenoxy) is 1. The maximum absolute atomic E-state index is 5.48. The van der Waals surface area contributed by atoms with Crippen molar-refractivity contribution in [1.29, 1.82) is 0 Å². The van der Waals surface area contributed by atoms with Gasteiger partial charge >= 0.3 is 0 Å². The van der Waals surface area contributed by atoms with E-state index in [1.54, 1.807) is 13.3 Å². The largest absolute Gasteiger partial charge is 0.496 e. The topological polar surface area (TPSA) is 76.4 Å². The van der Waals surface area contributed by atoms with Crippen LogP contribution in [0.1, 0.15) is 18.1 Å². The summed E-state index contributed by atoms with van der Waals surface area (Å²) in [6, 6.07) is 13.7. The van der Waals surface area contributed by atoms with Crippen LogP contribution in [-0.4, -0.2) is 40.0 Å². The van der Waals surface area contributed by atoms with E-state index in [2.05, 4.69) is 26.2 Å². The van der Waals surface area contributed by atoms with Crippen LogP contribution in [0.3, 0.4) is 0 Å². The van der Waals surface area contributed by atoms with Crippen LogP contribution in [-0.2, 0) is 6.54 Å². The summed E-state index contributed by atoms with van der Waals surface area (Å²) in [5.41, 5.74) is 6.54. The van der Waals surface area contributed by atoms with Crippen molar-refractivity contribution in [3.63, 3.8) is 0 Å². The lowest BCUT2D eigenvalue weighted by Gasteiger charge is -2.10. The number of fused-ring (bicyclic) bond motifs is 1. The van der Waals surface area contributed by atoms with Crippen molar-refractivity contribution in [3.8, 4) is 5.75 Å². The number of hydrazone groups is 1. The standard InChI is InChI=1S/C18H20N6OS/c1-3-19-18(26)22-20-11-13-8-9-17(25-2)14(10-13)12-24-16-7-5-4-6-15(16)21-23-24/h4-11H,3,12H2,1-2H3,(H2,19,22,26)/b20-11+. The Morgan fingerprint density at radius 2 is 2.15 bits per heavy atom. The van der Waals surface area contributed by atoms with Crippen LogP contribution < -0.4 is 15.5 Å². The summed E-state index contributed by atoms with van der Waals surface area (Å²) in [7, 11) is 1.66. The number of nitrogens with one attached hydrogen (secondary N) is 2. The zero-order valence-electron chi connectivity index (χ0n) is 14.6. The number of para-hydroxylation sites is 1. The Bertz CT molecular complexity index is 936. The predicted molar refractivity (Wildman–Crippen MR) is 107 cm³/mol. The van der Waals surface area contributed by atoms with Crippen LogP contribution in [0.15, 0.2) is 47.6 Å². The molecule has 0 radical (unpaired) electrons. The molecule has 2 aromatic carbocycles. The highest BCUT2D eigenvalue weighted by Gasteiger charge is 2.09. The molecule has 0 aliphatic heterocycles. The number of benzene rings is 2. The first kappa shape index (κ1) is 17.8. The molecule has 0 bridgehead atoms. The van der Waals surface area contributed by atoms with Gasteiger partial charge in [-0.3, -0.25) is 5.43 Å². The van der Waals surface area contributed by atoms with Crippen LogP contribution in [0.2, 0.25) is 0 Å². The Kier molecular flexibility index (Phi) is 5.75. The maximum atomic E-state index is 5.48. The predicted octanol–water partition coefficient (Wildman–Crippen LogP) is 2.31. The molecular formula is C18H20N6OS. The summed E-state index contributed by atoms with van der Waals surface area (Å²) in [6.45, 7) is 3.27. The van der Waals surface area contributed by atoms with Gasteiger partial charge in [-0.1, -0.05) is 17.3 Å². The summed E-state index contributed by atoms with van der Waals surface area (Å²) in [6.07, 6.45) is 1.71. The fraction of sp³-hybridized carbons (Fsp3) is 0.222. The number of aromatic nitrogens is 3. The monoisotopic (exact) mass is 368 g/mol. The minimum Gasteiger partial charge on any atom is -0.496 e. The van der Waals surface area contributed by atoms with Crippen LogP contribution in [0.25, 0.3) is 11.0 Å². The molecule has 26 heavy (non-hydrogen) atoms. The van der Waals surface area contributed by atoms with Gasteiger partial charge in [0.1, 0.15) is 11.3 Å². The van der Waals surface area contributed by atoms with Gasteiger partial charge in [-0.25, -0.2) is 4.68 Å². The number of nitrogens with zero attached hydrogens (tertiary/aromatic N) is 4. The summed E-state index contributed by atoms with van der Waals surface area (Å²) in [5, 5.41) is 16.1. The zero-order chi connectivity index (χ0) is 18.4. The molecule has 0 aliphatic carbocycles. The first-order valence-corrected chi connectivity index (χ1v) is 8.64. The molecule has 0 spiro atoms. The number of hydrogen-bond donors (Lipinski definition) is 2. The lowest BCUT2D eigenvalue weighted by molar-refractivity contribution is 0.407. The lowest BCUT2D eigenvalue weighted by Crippen LogP contribution is -2.31. The molecule has 0 aliphatic rings. The second kappa shape index (κ2) is 8.39. The van der Waals surface area contributed by atoms with E-state index in [0.717, 1.165) is 34.5 Å². The summed E-state index contributed by atoms with van der Waals surface area (Å²) in [4.78, 5) is 0. The summed E-state index contributed by atoms with van der Waals surface area (Å²) < 4.78 is 7.34. The van der Waals surface area contributed by atoms with E-state index in [1.807, 2.05) is 54.1 Å². The first-order chi connectivity index (χ1) is 12.7. The average Bonchev–Trinajstić information content (AvgIpc) is 3.05. The Morgan fingerprint density at radius 1 is 1.31 bits per heavy atom. The molecule has 0 saturated carbocycles. The molecular weight excluding hydrogens is 348 g/mol. The minimum absolute atomic E-state index is 0.492. The molecule has 8 heteroatoms. The van der Waals surface area contributed by atoms with E-state index >= 15 is 0 Å². The van der Waals surface area contributed by atoms with Crippen molar-refractivity contribution in [1.82, 2.24) is 25.7 Å². The highest BCUT2D eigenvalue weighted by molar-refractivity contribution is 7.80. The SMILES string of the molecule is CCNC(=S)N/N=C/c1ccc(OC)c(Cn2nnc3ccccc32)c1. The number of hydrogen-bond acceptors (Lipinski definition) is 5. The molecule has 134 valence electrons. The molecule has 2 N–H and O–H groups in total. The van der Waals surface area contributed by atoms with Gasteiger partial charge in [0.2, 0.25) is 0 Å². The van der Waals surface area contributed by atoms with Crippen LogP contribution >= 0.6 is 12.2 Å². The quantitative estimate of drug-likeness (QED) is 0.395. The third-order valence-electron chi connectivity index (χ3n) is 3.76. The van der Waals surface area contributed by atoms with Crippen molar-refractivity contribution in [2.24, 2.45) is 5.10 Å². The molecule has 0 saturated heterocycles. The molecule has 7 nitrogen and oxygen atoms in total. The van der Waals surface area contributed by atoms with Crippen molar-refractivity contribution in [2.75, 3.05) is 13.7 Å². The highest BCUT2D eigenvalue weighted by atomic mass is 32.1. The van der Waals surface area contributed by atoms with Crippen molar-refractivity contribution in [3.05, 3.63) is 53.6 Å². The fourth-order valence-electron chi connectivity index (χ4n) is 2.56. The minimum atomic E-state index is 0.492. The van der Waals surface area contributed by atoms with Crippen LogP contribution in [0.4, 0.5) is 0 Å².